The number of nitrogens with zero attached hydrogens (tertiary/aromatic N) is 2. The third kappa shape index (κ3) is 13.2. The Morgan fingerprint density at radius 1 is 1.38 bits per heavy atom. The first-order chi connectivity index (χ1) is 10.1. The van der Waals surface area contributed by atoms with Crippen molar-refractivity contribution in [2.75, 3.05) is 26.7 Å². The van der Waals surface area contributed by atoms with E-state index in [-0.39, 0.29) is 0 Å². The molecule has 0 bridgehead atoms. The topological polar surface area (TPSA) is 45.1 Å². The highest BCUT2D eigenvalue weighted by atomic mass is 16.5. The first-order valence-corrected chi connectivity index (χ1v) is 7.62. The van der Waals surface area contributed by atoms with Crippen LogP contribution in [0.5, 0.6) is 0 Å². The fraction of sp³-hybridized carbons (Fsp3) is 0.588. The third-order valence-corrected chi connectivity index (χ3v) is 2.92. The van der Waals surface area contributed by atoms with Crippen LogP contribution in [0.3, 0.4) is 0 Å². The number of aliphatic hydroxyl groups is 1. The zero-order chi connectivity index (χ0) is 15.9. The molecule has 0 saturated heterocycles. The van der Waals surface area contributed by atoms with Gasteiger partial charge in [-0.15, -0.1) is 0 Å². The lowest BCUT2D eigenvalue weighted by atomic mass is 10.2. The summed E-state index contributed by atoms with van der Waals surface area (Å²) in [5, 5.41) is 9.78. The van der Waals surface area contributed by atoms with Crippen molar-refractivity contribution in [2.24, 2.45) is 4.99 Å². The first-order valence-electron chi connectivity index (χ1n) is 7.62. The van der Waals surface area contributed by atoms with E-state index in [2.05, 4.69) is 30.4 Å². The number of hydrogen-bond acceptors (Lipinski definition) is 4. The lowest BCUT2D eigenvalue weighted by Gasteiger charge is -2.14. The molecular weight excluding hydrogens is 264 g/mol. The molecule has 0 spiro atoms. The Hall–Kier alpha value is -1.55. The minimum atomic E-state index is 0.362. The lowest BCUT2D eigenvalue weighted by molar-refractivity contribution is 0.212. The second-order valence-electron chi connectivity index (χ2n) is 4.95. The van der Waals surface area contributed by atoms with Crippen molar-refractivity contribution in [3.8, 4) is 0 Å². The van der Waals surface area contributed by atoms with E-state index in [9.17, 15) is 5.11 Å². The smallest absolute Gasteiger partial charge is 0.113 e. The quantitative estimate of drug-likeness (QED) is 0.255. The average Bonchev–Trinajstić information content (AvgIpc) is 2.46. The van der Waals surface area contributed by atoms with Crippen molar-refractivity contribution in [3.05, 3.63) is 36.4 Å². The number of allylic oxidation sites excluding steroid dienone is 1. The molecule has 0 aromatic rings. The van der Waals surface area contributed by atoms with E-state index in [1.165, 1.54) is 19.3 Å². The van der Waals surface area contributed by atoms with E-state index in [1.54, 1.807) is 18.5 Å². The van der Waals surface area contributed by atoms with Crippen LogP contribution in [0.2, 0.25) is 0 Å². The molecule has 1 N–H and O–H groups in total. The summed E-state index contributed by atoms with van der Waals surface area (Å²) in [7, 11) is 2.07. The van der Waals surface area contributed by atoms with E-state index < -0.39 is 0 Å². The van der Waals surface area contributed by atoms with Crippen LogP contribution in [0.1, 0.15) is 39.5 Å². The number of ether oxygens (including phenoxy) is 1. The highest BCUT2D eigenvalue weighted by Crippen LogP contribution is 2.03. The van der Waals surface area contributed by atoms with Gasteiger partial charge in [0.15, 0.2) is 0 Å². The summed E-state index contributed by atoms with van der Waals surface area (Å²) in [5.74, 6) is 0.908. The molecule has 0 atom stereocenters. The van der Waals surface area contributed by atoms with Crippen molar-refractivity contribution in [1.29, 1.82) is 0 Å². The number of aliphatic hydroxyl groups excluding tert-OH is 1. The van der Waals surface area contributed by atoms with Crippen molar-refractivity contribution >= 4 is 6.21 Å². The number of rotatable bonds is 12. The molecule has 4 nitrogen and oxygen atoms in total. The lowest BCUT2D eigenvalue weighted by Crippen LogP contribution is -2.19. The molecule has 4 heteroatoms. The average molecular weight is 294 g/mol. The third-order valence-electron chi connectivity index (χ3n) is 2.92. The van der Waals surface area contributed by atoms with Crippen LogP contribution in [0.25, 0.3) is 0 Å². The molecule has 0 fully saturated rings. The van der Waals surface area contributed by atoms with Crippen LogP contribution in [-0.2, 0) is 4.74 Å². The number of aliphatic imine (C=N–C) groups is 1. The highest BCUT2D eigenvalue weighted by Gasteiger charge is 1.99. The second kappa shape index (κ2) is 13.4. The van der Waals surface area contributed by atoms with Gasteiger partial charge in [0.2, 0.25) is 0 Å². The Bertz CT molecular complexity index is 360. The molecule has 0 aromatic heterocycles. The van der Waals surface area contributed by atoms with Crippen LogP contribution in [0.15, 0.2) is 41.4 Å². The molecule has 0 aliphatic rings. The van der Waals surface area contributed by atoms with E-state index >= 15 is 0 Å². The zero-order valence-corrected chi connectivity index (χ0v) is 13.7. The summed E-state index contributed by atoms with van der Waals surface area (Å²) in [6, 6.07) is 0. The van der Waals surface area contributed by atoms with Crippen molar-refractivity contribution in [1.82, 2.24) is 4.90 Å². The van der Waals surface area contributed by atoms with Gasteiger partial charge in [0.25, 0.3) is 0 Å². The van der Waals surface area contributed by atoms with Gasteiger partial charge in [-0.3, -0.25) is 4.99 Å². The van der Waals surface area contributed by atoms with Crippen LogP contribution >= 0.6 is 0 Å². The Balaban J connectivity index is 3.79. The van der Waals surface area contributed by atoms with Gasteiger partial charge in [-0.25, -0.2) is 0 Å². The first kappa shape index (κ1) is 19.4. The van der Waals surface area contributed by atoms with Crippen LogP contribution < -0.4 is 0 Å². The van der Waals surface area contributed by atoms with Gasteiger partial charge in [0, 0.05) is 25.4 Å². The molecule has 0 unspecified atom stereocenters. The molecule has 0 radical (unpaired) electrons. The molecule has 21 heavy (non-hydrogen) atoms. The van der Waals surface area contributed by atoms with Gasteiger partial charge in [-0.2, -0.15) is 0 Å². The van der Waals surface area contributed by atoms with Gasteiger partial charge in [0.05, 0.1) is 12.4 Å². The molecule has 0 aliphatic carbocycles. The van der Waals surface area contributed by atoms with Gasteiger partial charge in [-0.1, -0.05) is 26.3 Å². The van der Waals surface area contributed by atoms with Gasteiger partial charge < -0.3 is 14.7 Å². The predicted octanol–water partition coefficient (Wildman–Crippen LogP) is 4.08. The number of hydrogen-bond donors (Lipinski definition) is 1. The molecule has 0 heterocycles. The standard InChI is InChI=1S/C17H30N2O2/c1-5-7-8-13-19(4)14-10-17(20)11-15-21-16(3)9-12-18-6-2/h6,9-10,12,20H,3,5,7-8,11,13-15H2,1-2,4H3/b12-9-,17-10-,18-6-. The Kier molecular flexibility index (Phi) is 12.4. The van der Waals surface area contributed by atoms with Crippen molar-refractivity contribution in [3.63, 3.8) is 0 Å². The molecular formula is C17H30N2O2. The summed E-state index contributed by atoms with van der Waals surface area (Å²) in [5.41, 5.74) is 0. The molecule has 0 rings (SSSR count). The fourth-order valence-corrected chi connectivity index (χ4v) is 1.63. The monoisotopic (exact) mass is 294 g/mol. The Labute approximate surface area is 129 Å². The Morgan fingerprint density at radius 3 is 2.81 bits per heavy atom. The summed E-state index contributed by atoms with van der Waals surface area (Å²) >= 11 is 0. The minimum absolute atomic E-state index is 0.362. The van der Waals surface area contributed by atoms with Gasteiger partial charge in [-0.05, 0) is 39.1 Å². The minimum Gasteiger partial charge on any atom is -0.512 e. The van der Waals surface area contributed by atoms with Gasteiger partial charge >= 0.3 is 0 Å². The maximum atomic E-state index is 9.78. The second-order valence-corrected chi connectivity index (χ2v) is 4.95. The van der Waals surface area contributed by atoms with Gasteiger partial charge in [0.1, 0.15) is 5.76 Å². The van der Waals surface area contributed by atoms with Crippen LogP contribution in [-0.4, -0.2) is 43.0 Å². The summed E-state index contributed by atoms with van der Waals surface area (Å²) in [4.78, 5) is 6.13. The SMILES string of the molecule is C=C(/C=C\N=C/C)OCC/C(O)=C/CN(C)CCCCC. The highest BCUT2D eigenvalue weighted by molar-refractivity contribution is 5.54. The zero-order valence-electron chi connectivity index (χ0n) is 13.7. The molecule has 0 amide bonds. The Morgan fingerprint density at radius 2 is 2.14 bits per heavy atom. The number of unbranched alkanes of at least 4 members (excludes halogenated alkanes) is 2. The van der Waals surface area contributed by atoms with E-state index in [0.29, 0.717) is 24.5 Å². The van der Waals surface area contributed by atoms with E-state index in [0.717, 1.165) is 13.1 Å². The van der Waals surface area contributed by atoms with Crippen molar-refractivity contribution in [2.45, 2.75) is 39.5 Å². The van der Waals surface area contributed by atoms with E-state index in [4.69, 9.17) is 4.74 Å². The fourth-order valence-electron chi connectivity index (χ4n) is 1.63. The maximum absolute atomic E-state index is 9.78. The van der Waals surface area contributed by atoms with Crippen LogP contribution in [0, 0.1) is 0 Å². The largest absolute Gasteiger partial charge is 0.512 e. The van der Waals surface area contributed by atoms with Crippen LogP contribution in [0.4, 0.5) is 0 Å². The summed E-state index contributed by atoms with van der Waals surface area (Å²) < 4.78 is 5.38. The summed E-state index contributed by atoms with van der Waals surface area (Å²) in [6.07, 6.45) is 11.0. The number of likely N-dealkylation sites (N-methyl/N-ethyl adjacent to an activating group) is 1. The predicted molar refractivity (Wildman–Crippen MR) is 90.7 cm³/mol. The van der Waals surface area contributed by atoms with E-state index in [1.807, 2.05) is 13.0 Å². The molecule has 120 valence electrons. The van der Waals surface area contributed by atoms with Crippen molar-refractivity contribution < 1.29 is 9.84 Å². The molecule has 0 aromatic carbocycles. The molecule has 0 aliphatic heterocycles. The summed E-state index contributed by atoms with van der Waals surface area (Å²) in [6.45, 7) is 10.0. The molecule has 0 saturated carbocycles. The maximum Gasteiger partial charge on any atom is 0.113 e. The normalized spacial score (nSPS) is 12.7.